The van der Waals surface area contributed by atoms with Crippen LogP contribution in [-0.4, -0.2) is 19.0 Å². The molecule has 0 aromatic heterocycles. The number of carbonyl (C=O) groups excluding carboxylic acids is 2. The van der Waals surface area contributed by atoms with Crippen LogP contribution in [0.2, 0.25) is 0 Å². The minimum atomic E-state index is -0.522. The van der Waals surface area contributed by atoms with Crippen LogP contribution < -0.4 is 5.32 Å². The van der Waals surface area contributed by atoms with E-state index in [9.17, 15) is 14.0 Å². The van der Waals surface area contributed by atoms with Crippen molar-refractivity contribution < 1.29 is 18.7 Å². The van der Waals surface area contributed by atoms with Crippen molar-refractivity contribution >= 4 is 33.5 Å². The summed E-state index contributed by atoms with van der Waals surface area (Å²) in [5.74, 6) is -1.49. The molecule has 0 radical (unpaired) electrons. The Morgan fingerprint density at radius 3 is 2.57 bits per heavy atom. The molecule has 0 unspecified atom stereocenters. The molecular formula is C15H11BrFNO3. The van der Waals surface area contributed by atoms with Gasteiger partial charge in [0.15, 0.2) is 0 Å². The summed E-state index contributed by atoms with van der Waals surface area (Å²) in [6.45, 7) is 0. The van der Waals surface area contributed by atoms with Crippen molar-refractivity contribution in [2.75, 3.05) is 12.4 Å². The summed E-state index contributed by atoms with van der Waals surface area (Å²) >= 11 is 3.02. The molecule has 0 saturated carbocycles. The number of benzene rings is 2. The van der Waals surface area contributed by atoms with E-state index in [1.165, 1.54) is 25.3 Å². The molecule has 1 N–H and O–H groups in total. The molecule has 0 aliphatic rings. The minimum absolute atomic E-state index is 0.180. The van der Waals surface area contributed by atoms with Gasteiger partial charge in [0.25, 0.3) is 5.91 Å². The van der Waals surface area contributed by atoms with Crippen molar-refractivity contribution in [3.63, 3.8) is 0 Å². The lowest BCUT2D eigenvalue weighted by Gasteiger charge is -2.07. The van der Waals surface area contributed by atoms with E-state index < -0.39 is 17.7 Å². The zero-order valence-corrected chi connectivity index (χ0v) is 12.6. The summed E-state index contributed by atoms with van der Waals surface area (Å²) in [7, 11) is 1.28. The Bertz CT molecular complexity index is 703. The van der Waals surface area contributed by atoms with Gasteiger partial charge in [0.05, 0.1) is 17.1 Å². The van der Waals surface area contributed by atoms with E-state index in [2.05, 4.69) is 26.0 Å². The zero-order valence-electron chi connectivity index (χ0n) is 11.0. The molecule has 2 aromatic rings. The van der Waals surface area contributed by atoms with Gasteiger partial charge >= 0.3 is 5.97 Å². The number of nitrogens with one attached hydrogen (secondary N) is 1. The van der Waals surface area contributed by atoms with Gasteiger partial charge in [-0.05, 0) is 52.3 Å². The Morgan fingerprint density at radius 1 is 1.14 bits per heavy atom. The van der Waals surface area contributed by atoms with Crippen LogP contribution in [0.1, 0.15) is 20.7 Å². The van der Waals surface area contributed by atoms with Gasteiger partial charge in [0.1, 0.15) is 5.82 Å². The molecule has 0 aliphatic carbocycles. The van der Waals surface area contributed by atoms with Crippen molar-refractivity contribution in [2.24, 2.45) is 0 Å². The fraction of sp³-hybridized carbons (Fsp3) is 0.0667. The molecule has 0 spiro atoms. The minimum Gasteiger partial charge on any atom is -0.465 e. The van der Waals surface area contributed by atoms with Crippen LogP contribution in [0.4, 0.5) is 10.1 Å². The molecule has 6 heteroatoms. The van der Waals surface area contributed by atoms with Crippen molar-refractivity contribution in [2.45, 2.75) is 0 Å². The van der Waals surface area contributed by atoms with Crippen LogP contribution in [0, 0.1) is 5.82 Å². The summed E-state index contributed by atoms with van der Waals surface area (Å²) in [6.07, 6.45) is 0. The van der Waals surface area contributed by atoms with Crippen LogP contribution >= 0.6 is 15.9 Å². The summed E-state index contributed by atoms with van der Waals surface area (Å²) < 4.78 is 18.3. The number of ether oxygens (including phenoxy) is 1. The summed E-state index contributed by atoms with van der Waals surface area (Å²) in [6, 6.07) is 10.4. The molecule has 4 nitrogen and oxygen atoms in total. The van der Waals surface area contributed by atoms with Crippen LogP contribution in [-0.2, 0) is 4.74 Å². The second-order valence-corrected chi connectivity index (χ2v) is 5.01. The Hall–Kier alpha value is -2.21. The van der Waals surface area contributed by atoms with E-state index in [-0.39, 0.29) is 10.0 Å². The SMILES string of the molecule is COC(=O)c1cccc(NC(=O)c2ccc(Br)c(F)c2)c1. The Labute approximate surface area is 129 Å². The van der Waals surface area contributed by atoms with Crippen molar-refractivity contribution in [3.8, 4) is 0 Å². The summed E-state index contributed by atoms with van der Waals surface area (Å²) in [5, 5.41) is 2.60. The van der Waals surface area contributed by atoms with E-state index in [0.717, 1.165) is 6.07 Å². The van der Waals surface area contributed by atoms with Gasteiger partial charge in [-0.3, -0.25) is 4.79 Å². The van der Waals surface area contributed by atoms with Gasteiger partial charge in [-0.15, -0.1) is 0 Å². The smallest absolute Gasteiger partial charge is 0.337 e. The molecule has 0 bridgehead atoms. The molecule has 2 rings (SSSR count). The predicted molar refractivity (Wildman–Crippen MR) is 79.8 cm³/mol. The van der Waals surface area contributed by atoms with Gasteiger partial charge in [0.2, 0.25) is 0 Å². The van der Waals surface area contributed by atoms with Crippen LogP contribution in [0.25, 0.3) is 0 Å². The number of esters is 1. The number of rotatable bonds is 3. The molecule has 0 heterocycles. The lowest BCUT2D eigenvalue weighted by molar-refractivity contribution is 0.0600. The Kier molecular flexibility index (Phi) is 4.70. The van der Waals surface area contributed by atoms with E-state index in [4.69, 9.17) is 0 Å². The average molecular weight is 352 g/mol. The maximum absolute atomic E-state index is 13.4. The van der Waals surface area contributed by atoms with Crippen LogP contribution in [0.15, 0.2) is 46.9 Å². The standard InChI is InChI=1S/C15H11BrFNO3/c1-21-15(20)10-3-2-4-11(7-10)18-14(19)9-5-6-12(16)13(17)8-9/h2-8H,1H3,(H,18,19). The maximum Gasteiger partial charge on any atom is 0.337 e. The zero-order chi connectivity index (χ0) is 15.4. The Morgan fingerprint density at radius 2 is 1.90 bits per heavy atom. The molecule has 0 aliphatic heterocycles. The normalized spacial score (nSPS) is 10.0. The van der Waals surface area contributed by atoms with Crippen LogP contribution in [0.5, 0.6) is 0 Å². The number of anilines is 1. The third kappa shape index (κ3) is 3.66. The number of amides is 1. The van der Waals surface area contributed by atoms with Crippen molar-refractivity contribution in [3.05, 3.63) is 63.9 Å². The third-order valence-electron chi connectivity index (χ3n) is 2.72. The number of methoxy groups -OCH3 is 1. The first-order valence-electron chi connectivity index (χ1n) is 5.96. The lowest BCUT2D eigenvalue weighted by atomic mass is 10.1. The predicted octanol–water partition coefficient (Wildman–Crippen LogP) is 3.63. The summed E-state index contributed by atoms with van der Waals surface area (Å²) in [4.78, 5) is 23.4. The lowest BCUT2D eigenvalue weighted by Crippen LogP contribution is -2.13. The molecule has 2 aromatic carbocycles. The second-order valence-electron chi connectivity index (χ2n) is 4.16. The average Bonchev–Trinajstić information content (AvgIpc) is 2.49. The fourth-order valence-corrected chi connectivity index (χ4v) is 1.93. The molecule has 0 fully saturated rings. The van der Waals surface area contributed by atoms with Crippen molar-refractivity contribution in [1.82, 2.24) is 0 Å². The first-order valence-corrected chi connectivity index (χ1v) is 6.75. The fourth-order valence-electron chi connectivity index (χ4n) is 1.68. The van der Waals surface area contributed by atoms with E-state index in [1.807, 2.05) is 0 Å². The molecule has 21 heavy (non-hydrogen) atoms. The largest absolute Gasteiger partial charge is 0.465 e. The van der Waals surface area contributed by atoms with Gasteiger partial charge < -0.3 is 10.1 Å². The Balaban J connectivity index is 2.19. The molecule has 1 amide bonds. The highest BCUT2D eigenvalue weighted by Gasteiger charge is 2.11. The van der Waals surface area contributed by atoms with E-state index in [0.29, 0.717) is 11.3 Å². The van der Waals surface area contributed by atoms with Gasteiger partial charge in [-0.25, -0.2) is 9.18 Å². The second kappa shape index (κ2) is 6.49. The third-order valence-corrected chi connectivity index (χ3v) is 3.37. The molecular weight excluding hydrogens is 341 g/mol. The highest BCUT2D eigenvalue weighted by atomic mass is 79.9. The number of hydrogen-bond donors (Lipinski definition) is 1. The van der Waals surface area contributed by atoms with E-state index >= 15 is 0 Å². The monoisotopic (exact) mass is 351 g/mol. The number of halogens is 2. The quantitative estimate of drug-likeness (QED) is 0.859. The van der Waals surface area contributed by atoms with Gasteiger partial charge in [0, 0.05) is 11.3 Å². The van der Waals surface area contributed by atoms with Crippen LogP contribution in [0.3, 0.4) is 0 Å². The van der Waals surface area contributed by atoms with E-state index in [1.54, 1.807) is 18.2 Å². The summed E-state index contributed by atoms with van der Waals surface area (Å²) in [5.41, 5.74) is 0.919. The number of carbonyl (C=O) groups is 2. The molecule has 0 atom stereocenters. The van der Waals surface area contributed by atoms with Gasteiger partial charge in [-0.2, -0.15) is 0 Å². The van der Waals surface area contributed by atoms with Crippen molar-refractivity contribution in [1.29, 1.82) is 0 Å². The molecule has 0 saturated heterocycles. The highest BCUT2D eigenvalue weighted by molar-refractivity contribution is 9.10. The highest BCUT2D eigenvalue weighted by Crippen LogP contribution is 2.18. The topological polar surface area (TPSA) is 55.4 Å². The maximum atomic E-state index is 13.4. The first kappa shape index (κ1) is 15.2. The number of hydrogen-bond acceptors (Lipinski definition) is 3. The molecule has 108 valence electrons. The first-order chi connectivity index (χ1) is 10.0. The van der Waals surface area contributed by atoms with Gasteiger partial charge in [-0.1, -0.05) is 6.07 Å².